The van der Waals surface area contributed by atoms with Crippen molar-refractivity contribution in [3.63, 3.8) is 0 Å². The Morgan fingerprint density at radius 2 is 1.63 bits per heavy atom. The van der Waals surface area contributed by atoms with Gasteiger partial charge in [-0.15, -0.1) is 0 Å². The first-order valence-electron chi connectivity index (χ1n) is 11.8. The summed E-state index contributed by atoms with van der Waals surface area (Å²) >= 11 is 0. The van der Waals surface area contributed by atoms with Gasteiger partial charge < -0.3 is 20.7 Å². The summed E-state index contributed by atoms with van der Waals surface area (Å²) in [5.74, 6) is 0.410. The topological polar surface area (TPSA) is 92.4 Å². The van der Waals surface area contributed by atoms with Crippen LogP contribution in [0.15, 0.2) is 73.1 Å². The zero-order chi connectivity index (χ0) is 24.3. The lowest BCUT2D eigenvalue weighted by molar-refractivity contribution is -0.115. The summed E-state index contributed by atoms with van der Waals surface area (Å²) in [6.45, 7) is 2.21. The second-order valence-corrected chi connectivity index (χ2v) is 8.55. The maximum absolute atomic E-state index is 12.3. The number of carbonyl (C=O) groups excluding carboxylic acids is 2. The van der Waals surface area contributed by atoms with Crippen LogP contribution in [0.1, 0.15) is 29.5 Å². The smallest absolute Gasteiger partial charge is 0.319 e. The molecule has 0 aliphatic carbocycles. The van der Waals surface area contributed by atoms with Crippen LogP contribution in [0.2, 0.25) is 0 Å². The third kappa shape index (κ3) is 8.08. The highest BCUT2D eigenvalue weighted by Gasteiger charge is 2.14. The summed E-state index contributed by atoms with van der Waals surface area (Å²) < 4.78 is 5.35. The molecule has 1 saturated heterocycles. The molecule has 1 fully saturated rings. The number of hydrogen-bond acceptors (Lipinski definition) is 4. The first kappa shape index (κ1) is 24.2. The molecule has 3 N–H and O–H groups in total. The maximum atomic E-state index is 12.3. The molecule has 0 unspecified atom stereocenters. The summed E-state index contributed by atoms with van der Waals surface area (Å²) in [7, 11) is 0. The van der Waals surface area contributed by atoms with E-state index in [4.69, 9.17) is 4.74 Å². The summed E-state index contributed by atoms with van der Waals surface area (Å²) in [5.41, 5.74) is 4.39. The third-order valence-corrected chi connectivity index (χ3v) is 5.81. The minimum atomic E-state index is -0.192. The monoisotopic (exact) mass is 470 g/mol. The van der Waals surface area contributed by atoms with Gasteiger partial charge in [-0.2, -0.15) is 0 Å². The molecule has 7 heteroatoms. The van der Waals surface area contributed by atoms with Crippen molar-refractivity contribution in [3.8, 4) is 0 Å². The van der Waals surface area contributed by atoms with E-state index in [2.05, 4.69) is 20.9 Å². The highest BCUT2D eigenvalue weighted by Crippen LogP contribution is 2.17. The molecule has 0 atom stereocenters. The number of nitrogens with zero attached hydrogens (tertiary/aromatic N) is 1. The van der Waals surface area contributed by atoms with E-state index in [1.54, 1.807) is 12.4 Å². The molecule has 0 radical (unpaired) electrons. The van der Waals surface area contributed by atoms with Crippen LogP contribution in [0.5, 0.6) is 0 Å². The molecule has 0 saturated carbocycles. The number of amides is 3. The predicted molar refractivity (Wildman–Crippen MR) is 139 cm³/mol. The fourth-order valence-corrected chi connectivity index (χ4v) is 3.84. The Hall–Kier alpha value is -3.97. The van der Waals surface area contributed by atoms with Gasteiger partial charge in [0.2, 0.25) is 5.91 Å². The van der Waals surface area contributed by atoms with Crippen molar-refractivity contribution in [1.82, 2.24) is 10.3 Å². The van der Waals surface area contributed by atoms with Gasteiger partial charge in [-0.3, -0.25) is 9.78 Å². The quantitative estimate of drug-likeness (QED) is 0.405. The average molecular weight is 471 g/mol. The number of aromatic nitrogens is 1. The largest absolute Gasteiger partial charge is 0.381 e. The molecule has 2 aromatic carbocycles. The summed E-state index contributed by atoms with van der Waals surface area (Å²) in [5, 5.41) is 8.76. The minimum Gasteiger partial charge on any atom is -0.381 e. The highest BCUT2D eigenvalue weighted by atomic mass is 16.5. The molecule has 0 spiro atoms. The second-order valence-electron chi connectivity index (χ2n) is 8.55. The van der Waals surface area contributed by atoms with Crippen molar-refractivity contribution >= 4 is 35.5 Å². The van der Waals surface area contributed by atoms with E-state index < -0.39 is 0 Å². The number of urea groups is 1. The maximum Gasteiger partial charge on any atom is 0.319 e. The first-order valence-corrected chi connectivity index (χ1v) is 11.8. The number of nitrogens with one attached hydrogen (secondary N) is 3. The Morgan fingerprint density at radius 3 is 2.40 bits per heavy atom. The van der Waals surface area contributed by atoms with E-state index in [9.17, 15) is 9.59 Å². The number of carbonyl (C=O) groups is 2. The molecule has 4 rings (SSSR count). The number of anilines is 2. The van der Waals surface area contributed by atoms with Crippen molar-refractivity contribution in [2.45, 2.75) is 19.3 Å². The molecular weight excluding hydrogens is 440 g/mol. The molecule has 7 nitrogen and oxygen atoms in total. The number of pyridine rings is 1. The van der Waals surface area contributed by atoms with E-state index in [1.807, 2.05) is 72.8 Å². The molecule has 1 aliphatic rings. The van der Waals surface area contributed by atoms with Crippen LogP contribution in [0.3, 0.4) is 0 Å². The van der Waals surface area contributed by atoms with Crippen LogP contribution in [0.4, 0.5) is 16.2 Å². The van der Waals surface area contributed by atoms with Gasteiger partial charge in [0.1, 0.15) is 0 Å². The average Bonchev–Trinajstić information content (AvgIpc) is 2.88. The normalized spacial score (nSPS) is 13.9. The van der Waals surface area contributed by atoms with Gasteiger partial charge in [0.05, 0.1) is 6.42 Å². The van der Waals surface area contributed by atoms with Crippen LogP contribution in [0.25, 0.3) is 12.2 Å². The lowest BCUT2D eigenvalue weighted by Crippen LogP contribution is -2.35. The van der Waals surface area contributed by atoms with E-state index >= 15 is 0 Å². The lowest BCUT2D eigenvalue weighted by atomic mass is 10.0. The van der Waals surface area contributed by atoms with Crippen molar-refractivity contribution in [2.75, 3.05) is 30.4 Å². The molecular formula is C28H30N4O3. The first-order chi connectivity index (χ1) is 17.1. The van der Waals surface area contributed by atoms with Crippen LogP contribution in [-0.2, 0) is 16.0 Å². The number of hydrogen-bond donors (Lipinski definition) is 3. The van der Waals surface area contributed by atoms with Crippen LogP contribution < -0.4 is 16.0 Å². The van der Waals surface area contributed by atoms with Gasteiger partial charge >= 0.3 is 6.03 Å². The fraction of sp³-hybridized carbons (Fsp3) is 0.250. The van der Waals surface area contributed by atoms with E-state index in [1.165, 1.54) is 0 Å². The second kappa shape index (κ2) is 12.5. The standard InChI is InChI=1S/C28H30N4O3/c33-27(19-23-10-14-29-15-11-23)31-26-3-1-2-22(18-26)5-4-21-6-8-25(9-7-21)32-28(34)30-20-24-12-16-35-17-13-24/h1-11,14-15,18,24H,12-13,16-17,19-20H2,(H,31,33)(H2,30,32,34)/b5-4+. The zero-order valence-corrected chi connectivity index (χ0v) is 19.6. The summed E-state index contributed by atoms with van der Waals surface area (Å²) in [6.07, 6.45) is 9.62. The van der Waals surface area contributed by atoms with Gasteiger partial charge in [-0.25, -0.2) is 4.79 Å². The van der Waals surface area contributed by atoms with Crippen molar-refractivity contribution in [1.29, 1.82) is 0 Å². The van der Waals surface area contributed by atoms with E-state index in [0.29, 0.717) is 18.9 Å². The summed E-state index contributed by atoms with van der Waals surface area (Å²) in [4.78, 5) is 28.4. The minimum absolute atomic E-state index is 0.0720. The van der Waals surface area contributed by atoms with Crippen molar-refractivity contribution < 1.29 is 14.3 Å². The third-order valence-electron chi connectivity index (χ3n) is 5.81. The van der Waals surface area contributed by atoms with Gasteiger partial charge in [0.25, 0.3) is 0 Å². The Labute approximate surface area is 205 Å². The zero-order valence-electron chi connectivity index (χ0n) is 19.6. The fourth-order valence-electron chi connectivity index (χ4n) is 3.84. The molecule has 1 aromatic heterocycles. The molecule has 2 heterocycles. The van der Waals surface area contributed by atoms with Gasteiger partial charge in [0, 0.05) is 43.5 Å². The summed E-state index contributed by atoms with van der Waals surface area (Å²) in [6, 6.07) is 18.8. The molecule has 3 aromatic rings. The number of rotatable bonds is 8. The number of ether oxygens (including phenoxy) is 1. The molecule has 3 amide bonds. The predicted octanol–water partition coefficient (Wildman–Crippen LogP) is 4.98. The van der Waals surface area contributed by atoms with Crippen molar-refractivity contribution in [3.05, 3.63) is 89.7 Å². The van der Waals surface area contributed by atoms with Crippen molar-refractivity contribution in [2.24, 2.45) is 5.92 Å². The van der Waals surface area contributed by atoms with Crippen LogP contribution in [0, 0.1) is 5.92 Å². The van der Waals surface area contributed by atoms with Crippen LogP contribution >= 0.6 is 0 Å². The molecule has 180 valence electrons. The van der Waals surface area contributed by atoms with Gasteiger partial charge in [0.15, 0.2) is 0 Å². The number of benzene rings is 2. The van der Waals surface area contributed by atoms with E-state index in [-0.39, 0.29) is 11.9 Å². The van der Waals surface area contributed by atoms with Gasteiger partial charge in [-0.1, -0.05) is 36.4 Å². The molecule has 0 bridgehead atoms. The Bertz CT molecular complexity index is 1140. The Balaban J connectivity index is 1.26. The Kier molecular flexibility index (Phi) is 8.62. The lowest BCUT2D eigenvalue weighted by Gasteiger charge is -2.22. The van der Waals surface area contributed by atoms with Crippen LogP contribution in [-0.4, -0.2) is 36.7 Å². The molecule has 35 heavy (non-hydrogen) atoms. The Morgan fingerprint density at radius 1 is 0.886 bits per heavy atom. The molecule has 1 aliphatic heterocycles. The van der Waals surface area contributed by atoms with Gasteiger partial charge in [-0.05, 0) is 71.8 Å². The van der Waals surface area contributed by atoms with E-state index in [0.717, 1.165) is 54.1 Å². The SMILES string of the molecule is O=C(Cc1ccncc1)Nc1cccc(/C=C/c2ccc(NC(=O)NCC3CCOCC3)cc2)c1. The highest BCUT2D eigenvalue weighted by molar-refractivity contribution is 5.92.